The second-order valence-corrected chi connectivity index (χ2v) is 5.09. The Labute approximate surface area is 106 Å². The molecule has 1 rings (SSSR count). The quantitative estimate of drug-likeness (QED) is 0.728. The lowest BCUT2D eigenvalue weighted by Crippen LogP contribution is -2.20. The molecular weight excluding hydrogens is 210 g/mol. The van der Waals surface area contributed by atoms with Gasteiger partial charge in [0.25, 0.3) is 0 Å². The molecule has 2 nitrogen and oxygen atoms in total. The summed E-state index contributed by atoms with van der Waals surface area (Å²) in [5, 5.41) is 3.52. The molecule has 0 aromatic carbocycles. The van der Waals surface area contributed by atoms with Crippen molar-refractivity contribution in [2.24, 2.45) is 5.92 Å². The highest BCUT2D eigenvalue weighted by Crippen LogP contribution is 2.23. The van der Waals surface area contributed by atoms with Crippen molar-refractivity contribution >= 4 is 0 Å². The van der Waals surface area contributed by atoms with Crippen molar-refractivity contribution in [2.45, 2.75) is 59.4 Å². The third-order valence-corrected chi connectivity index (χ3v) is 3.10. The zero-order valence-corrected chi connectivity index (χ0v) is 11.8. The Bertz CT molecular complexity index is 304. The topological polar surface area (TPSA) is 25.2 Å². The Morgan fingerprint density at radius 1 is 1.18 bits per heavy atom. The zero-order chi connectivity index (χ0) is 12.7. The fourth-order valence-corrected chi connectivity index (χ4v) is 2.09. The maximum absolute atomic E-state index is 5.84. The van der Waals surface area contributed by atoms with Gasteiger partial charge in [-0.15, -0.1) is 0 Å². The predicted octanol–water partition coefficient (Wildman–Crippen LogP) is 4.32. The van der Waals surface area contributed by atoms with E-state index in [0.717, 1.165) is 30.4 Å². The molecule has 0 fully saturated rings. The summed E-state index contributed by atoms with van der Waals surface area (Å²) >= 11 is 0. The Morgan fingerprint density at radius 3 is 2.47 bits per heavy atom. The first kappa shape index (κ1) is 14.3. The smallest absolute Gasteiger partial charge is 0.121 e. The fraction of sp³-hybridized carbons (Fsp3) is 0.733. The minimum Gasteiger partial charge on any atom is -0.464 e. The van der Waals surface area contributed by atoms with Crippen molar-refractivity contribution in [2.75, 3.05) is 6.54 Å². The van der Waals surface area contributed by atoms with Gasteiger partial charge in [0.15, 0.2) is 0 Å². The van der Waals surface area contributed by atoms with E-state index in [0.29, 0.717) is 6.04 Å². The molecule has 1 unspecified atom stereocenters. The van der Waals surface area contributed by atoms with Crippen LogP contribution in [0.1, 0.15) is 64.5 Å². The lowest BCUT2D eigenvalue weighted by atomic mass is 10.0. The molecule has 0 saturated heterocycles. The first-order chi connectivity index (χ1) is 8.17. The summed E-state index contributed by atoms with van der Waals surface area (Å²) in [6.45, 7) is 9.84. The monoisotopic (exact) mass is 237 g/mol. The Hall–Kier alpha value is -0.760. The standard InChI is InChI=1S/C15H27NO/c1-5-13-10-11-15(17-13)14(16-6-2)9-7-8-12(3)4/h10-12,14,16H,5-9H2,1-4H3. The van der Waals surface area contributed by atoms with Crippen LogP contribution in [0.3, 0.4) is 0 Å². The third kappa shape index (κ3) is 4.95. The van der Waals surface area contributed by atoms with Gasteiger partial charge in [-0.25, -0.2) is 0 Å². The zero-order valence-electron chi connectivity index (χ0n) is 11.8. The summed E-state index contributed by atoms with van der Waals surface area (Å²) in [7, 11) is 0. The molecular formula is C15H27NO. The number of hydrogen-bond acceptors (Lipinski definition) is 2. The van der Waals surface area contributed by atoms with Crippen LogP contribution < -0.4 is 5.32 Å². The average molecular weight is 237 g/mol. The van der Waals surface area contributed by atoms with Crippen LogP contribution in [-0.2, 0) is 6.42 Å². The molecule has 0 bridgehead atoms. The van der Waals surface area contributed by atoms with Gasteiger partial charge in [-0.1, -0.05) is 40.5 Å². The molecule has 0 aliphatic rings. The molecule has 98 valence electrons. The van der Waals surface area contributed by atoms with Crippen molar-refractivity contribution in [3.05, 3.63) is 23.7 Å². The highest BCUT2D eigenvalue weighted by molar-refractivity contribution is 5.10. The van der Waals surface area contributed by atoms with Gasteiger partial charge < -0.3 is 9.73 Å². The van der Waals surface area contributed by atoms with Gasteiger partial charge in [0.1, 0.15) is 11.5 Å². The largest absolute Gasteiger partial charge is 0.464 e. The highest BCUT2D eigenvalue weighted by atomic mass is 16.3. The van der Waals surface area contributed by atoms with Gasteiger partial charge in [0.05, 0.1) is 6.04 Å². The summed E-state index contributed by atoms with van der Waals surface area (Å²) in [4.78, 5) is 0. The van der Waals surface area contributed by atoms with Crippen LogP contribution in [0.5, 0.6) is 0 Å². The summed E-state index contributed by atoms with van der Waals surface area (Å²) in [6, 6.07) is 4.61. The van der Waals surface area contributed by atoms with E-state index in [-0.39, 0.29) is 0 Å². The summed E-state index contributed by atoms with van der Waals surface area (Å²) in [6.07, 6.45) is 4.70. The van der Waals surface area contributed by atoms with Crippen LogP contribution in [0.15, 0.2) is 16.5 Å². The fourth-order valence-electron chi connectivity index (χ4n) is 2.09. The molecule has 17 heavy (non-hydrogen) atoms. The van der Waals surface area contributed by atoms with Gasteiger partial charge in [-0.3, -0.25) is 0 Å². The van der Waals surface area contributed by atoms with Crippen LogP contribution in [0.2, 0.25) is 0 Å². The van der Waals surface area contributed by atoms with Gasteiger partial charge in [-0.2, -0.15) is 0 Å². The predicted molar refractivity (Wildman–Crippen MR) is 73.2 cm³/mol. The van der Waals surface area contributed by atoms with Crippen LogP contribution in [0, 0.1) is 5.92 Å². The summed E-state index contributed by atoms with van der Waals surface area (Å²) < 4.78 is 5.84. The van der Waals surface area contributed by atoms with Crippen molar-refractivity contribution in [1.82, 2.24) is 5.32 Å². The van der Waals surface area contributed by atoms with Crippen molar-refractivity contribution in [3.63, 3.8) is 0 Å². The average Bonchev–Trinajstić information content (AvgIpc) is 2.76. The Balaban J connectivity index is 2.52. The minimum atomic E-state index is 0.388. The number of hydrogen-bond donors (Lipinski definition) is 1. The summed E-state index contributed by atoms with van der Waals surface area (Å²) in [5.41, 5.74) is 0. The normalized spacial score (nSPS) is 13.2. The number of rotatable bonds is 8. The first-order valence-corrected chi connectivity index (χ1v) is 6.99. The number of furan rings is 1. The van der Waals surface area contributed by atoms with Gasteiger partial charge >= 0.3 is 0 Å². The van der Waals surface area contributed by atoms with Crippen LogP contribution in [-0.4, -0.2) is 6.54 Å². The lowest BCUT2D eigenvalue weighted by molar-refractivity contribution is 0.369. The molecule has 0 aliphatic heterocycles. The molecule has 0 saturated carbocycles. The van der Waals surface area contributed by atoms with Crippen LogP contribution in [0.4, 0.5) is 0 Å². The van der Waals surface area contributed by atoms with Gasteiger partial charge in [0, 0.05) is 6.42 Å². The molecule has 1 atom stereocenters. The molecule has 1 N–H and O–H groups in total. The molecule has 0 aliphatic carbocycles. The summed E-state index contributed by atoms with van der Waals surface area (Å²) in [5.74, 6) is 2.99. The van der Waals surface area contributed by atoms with E-state index in [1.165, 1.54) is 19.3 Å². The number of aryl methyl sites for hydroxylation is 1. The maximum atomic E-state index is 5.84. The van der Waals surface area contributed by atoms with E-state index in [1.54, 1.807) is 0 Å². The Morgan fingerprint density at radius 2 is 1.94 bits per heavy atom. The van der Waals surface area contributed by atoms with Crippen LogP contribution in [0.25, 0.3) is 0 Å². The van der Waals surface area contributed by atoms with E-state index in [4.69, 9.17) is 4.42 Å². The van der Waals surface area contributed by atoms with E-state index in [9.17, 15) is 0 Å². The third-order valence-electron chi connectivity index (χ3n) is 3.10. The van der Waals surface area contributed by atoms with E-state index < -0.39 is 0 Å². The molecule has 2 heteroatoms. The highest BCUT2D eigenvalue weighted by Gasteiger charge is 2.14. The second kappa shape index (κ2) is 7.54. The second-order valence-electron chi connectivity index (χ2n) is 5.09. The first-order valence-electron chi connectivity index (χ1n) is 6.99. The van der Waals surface area contributed by atoms with Crippen molar-refractivity contribution < 1.29 is 4.42 Å². The molecule has 0 amide bonds. The Kier molecular flexibility index (Phi) is 6.35. The van der Waals surface area contributed by atoms with E-state index in [1.807, 2.05) is 0 Å². The molecule has 1 heterocycles. The lowest BCUT2D eigenvalue weighted by Gasteiger charge is -2.16. The molecule has 1 aromatic heterocycles. The maximum Gasteiger partial charge on any atom is 0.121 e. The minimum absolute atomic E-state index is 0.388. The molecule has 0 radical (unpaired) electrons. The van der Waals surface area contributed by atoms with Crippen LogP contribution >= 0.6 is 0 Å². The number of nitrogens with one attached hydrogen (secondary N) is 1. The van der Waals surface area contributed by atoms with Gasteiger partial charge in [0.2, 0.25) is 0 Å². The molecule has 1 aromatic rings. The SMILES string of the molecule is CCNC(CCCC(C)C)c1ccc(CC)o1. The van der Waals surface area contributed by atoms with E-state index >= 15 is 0 Å². The van der Waals surface area contributed by atoms with E-state index in [2.05, 4.69) is 45.1 Å². The van der Waals surface area contributed by atoms with Gasteiger partial charge in [-0.05, 0) is 31.0 Å². The molecule has 0 spiro atoms. The van der Waals surface area contributed by atoms with Crippen molar-refractivity contribution in [3.8, 4) is 0 Å². The van der Waals surface area contributed by atoms with Crippen molar-refractivity contribution in [1.29, 1.82) is 0 Å².